The number of carbonyl (C=O) groups excluding carboxylic acids is 2. The van der Waals surface area contributed by atoms with Crippen LogP contribution in [0.3, 0.4) is 0 Å². The molecule has 6 atom stereocenters. The highest BCUT2D eigenvalue weighted by Gasteiger charge is 2.67. The molecule has 1 aliphatic heterocycles. The number of hydrogen-bond donors (Lipinski definition) is 2. The second kappa shape index (κ2) is 4.47. The summed E-state index contributed by atoms with van der Waals surface area (Å²) in [4.78, 5) is 24.6. The van der Waals surface area contributed by atoms with E-state index in [0.717, 1.165) is 6.42 Å². The standard InChI is InChI=1S/C15H14BrNO4/c16-12-8-5-9-11(15(20)21-13(9)12)10(8)14(19)17-6-1-3-7(18)4-2-6/h1-4,8-13,18H,5H2,(H,17,19)/t8-,9-,10+,11+,12-,13+/m1/s1. The number of rotatable bonds is 2. The van der Waals surface area contributed by atoms with E-state index in [4.69, 9.17) is 4.74 Å². The Morgan fingerprint density at radius 1 is 1.29 bits per heavy atom. The number of nitrogens with one attached hydrogen (secondary N) is 1. The van der Waals surface area contributed by atoms with E-state index in [1.165, 1.54) is 12.1 Å². The van der Waals surface area contributed by atoms with E-state index in [9.17, 15) is 14.7 Å². The summed E-state index contributed by atoms with van der Waals surface area (Å²) in [5, 5.41) is 12.1. The van der Waals surface area contributed by atoms with Crippen molar-refractivity contribution in [3.8, 4) is 5.75 Å². The maximum absolute atomic E-state index is 12.6. The topological polar surface area (TPSA) is 75.6 Å². The summed E-state index contributed by atoms with van der Waals surface area (Å²) in [5.74, 6) is -0.544. The quantitative estimate of drug-likeness (QED) is 0.484. The summed E-state index contributed by atoms with van der Waals surface area (Å²) in [6.07, 6.45) is 0.801. The number of esters is 1. The van der Waals surface area contributed by atoms with E-state index in [-0.39, 0.29) is 52.2 Å². The minimum Gasteiger partial charge on any atom is -0.508 e. The van der Waals surface area contributed by atoms with E-state index in [1.54, 1.807) is 12.1 Å². The molecule has 1 heterocycles. The molecule has 4 rings (SSSR count). The van der Waals surface area contributed by atoms with Crippen molar-refractivity contribution in [1.29, 1.82) is 0 Å². The number of carbonyl (C=O) groups is 2. The zero-order chi connectivity index (χ0) is 14.7. The van der Waals surface area contributed by atoms with Gasteiger partial charge in [0.25, 0.3) is 0 Å². The van der Waals surface area contributed by atoms with Crippen molar-refractivity contribution in [2.24, 2.45) is 23.7 Å². The van der Waals surface area contributed by atoms with Gasteiger partial charge in [-0.05, 0) is 36.6 Å². The van der Waals surface area contributed by atoms with Gasteiger partial charge in [-0.15, -0.1) is 0 Å². The Hall–Kier alpha value is -1.56. The molecule has 110 valence electrons. The van der Waals surface area contributed by atoms with E-state index in [1.807, 2.05) is 0 Å². The average molecular weight is 352 g/mol. The van der Waals surface area contributed by atoms with Crippen molar-refractivity contribution in [3.63, 3.8) is 0 Å². The van der Waals surface area contributed by atoms with Gasteiger partial charge < -0.3 is 15.2 Å². The number of halogens is 1. The fourth-order valence-electron chi connectivity index (χ4n) is 4.10. The van der Waals surface area contributed by atoms with Crippen LogP contribution in [0.4, 0.5) is 5.69 Å². The molecule has 6 heteroatoms. The first kappa shape index (κ1) is 13.1. The largest absolute Gasteiger partial charge is 0.508 e. The third-order valence-corrected chi connectivity index (χ3v) is 6.16. The number of alkyl halides is 1. The van der Waals surface area contributed by atoms with Gasteiger partial charge in [-0.2, -0.15) is 0 Å². The van der Waals surface area contributed by atoms with Crippen molar-refractivity contribution in [2.75, 3.05) is 5.32 Å². The molecule has 2 aliphatic carbocycles. The van der Waals surface area contributed by atoms with Gasteiger partial charge in [0.05, 0.1) is 16.7 Å². The minimum atomic E-state index is -0.334. The Bertz CT molecular complexity index is 617. The van der Waals surface area contributed by atoms with Crippen LogP contribution in [0.2, 0.25) is 0 Å². The van der Waals surface area contributed by atoms with Gasteiger partial charge in [0.2, 0.25) is 5.91 Å². The number of ether oxygens (including phenoxy) is 1. The number of phenolic OH excluding ortho intramolecular Hbond substituents is 1. The summed E-state index contributed by atoms with van der Waals surface area (Å²) in [7, 11) is 0. The average Bonchev–Trinajstić information content (AvgIpc) is 3.05. The van der Waals surface area contributed by atoms with Gasteiger partial charge in [0, 0.05) is 11.6 Å². The number of anilines is 1. The Morgan fingerprint density at radius 2 is 2.00 bits per heavy atom. The Kier molecular flexibility index (Phi) is 2.79. The highest BCUT2D eigenvalue weighted by molar-refractivity contribution is 9.09. The number of phenols is 1. The summed E-state index contributed by atoms with van der Waals surface area (Å²) in [6, 6.07) is 6.32. The molecule has 0 aromatic heterocycles. The summed E-state index contributed by atoms with van der Waals surface area (Å²) in [5.41, 5.74) is 0.620. The lowest BCUT2D eigenvalue weighted by Gasteiger charge is -2.27. The lowest BCUT2D eigenvalue weighted by atomic mass is 9.79. The summed E-state index contributed by atoms with van der Waals surface area (Å²) >= 11 is 3.59. The van der Waals surface area contributed by atoms with Crippen LogP contribution >= 0.6 is 15.9 Å². The molecule has 1 aromatic rings. The monoisotopic (exact) mass is 351 g/mol. The SMILES string of the molecule is O=C(Nc1ccc(O)cc1)[C@H]1[C@H]2C[C@H]3[C@H](OC(=O)[C@@H]31)[C@@H]2Br. The van der Waals surface area contributed by atoms with Crippen LogP contribution < -0.4 is 5.32 Å². The van der Waals surface area contributed by atoms with E-state index in [0.29, 0.717) is 5.69 Å². The molecule has 5 nitrogen and oxygen atoms in total. The lowest BCUT2D eigenvalue weighted by molar-refractivity contribution is -0.145. The molecular weight excluding hydrogens is 338 g/mol. The number of amides is 1. The number of benzene rings is 1. The van der Waals surface area contributed by atoms with E-state index >= 15 is 0 Å². The highest BCUT2D eigenvalue weighted by atomic mass is 79.9. The number of aromatic hydroxyl groups is 1. The van der Waals surface area contributed by atoms with E-state index < -0.39 is 0 Å². The summed E-state index contributed by atoms with van der Waals surface area (Å²) in [6.45, 7) is 0. The molecule has 2 N–H and O–H groups in total. The molecule has 0 spiro atoms. The minimum absolute atomic E-state index is 0.0646. The molecule has 1 aromatic carbocycles. The van der Waals surface area contributed by atoms with Gasteiger partial charge >= 0.3 is 5.97 Å². The molecule has 0 radical (unpaired) electrons. The van der Waals surface area contributed by atoms with Crippen molar-refractivity contribution < 1.29 is 19.4 Å². The molecular formula is C15H14BrNO4. The second-order valence-electron chi connectivity index (χ2n) is 6.00. The molecule has 3 aliphatic rings. The Morgan fingerprint density at radius 3 is 2.71 bits per heavy atom. The normalized spacial score (nSPS) is 39.4. The third-order valence-electron chi connectivity index (χ3n) is 4.96. The number of fused-ring (bicyclic) bond motifs is 1. The van der Waals surface area contributed by atoms with Crippen LogP contribution in [0.15, 0.2) is 24.3 Å². The van der Waals surface area contributed by atoms with Gasteiger partial charge in [-0.25, -0.2) is 0 Å². The van der Waals surface area contributed by atoms with Gasteiger partial charge in [0.15, 0.2) is 0 Å². The van der Waals surface area contributed by atoms with Crippen LogP contribution in [-0.4, -0.2) is 27.9 Å². The van der Waals surface area contributed by atoms with Crippen molar-refractivity contribution in [1.82, 2.24) is 0 Å². The van der Waals surface area contributed by atoms with Crippen molar-refractivity contribution >= 4 is 33.5 Å². The molecule has 1 saturated heterocycles. The molecule has 1 amide bonds. The first-order valence-electron chi connectivity index (χ1n) is 7.01. The molecule has 3 fully saturated rings. The Labute approximate surface area is 129 Å². The third kappa shape index (κ3) is 1.81. The smallest absolute Gasteiger partial charge is 0.310 e. The zero-order valence-electron chi connectivity index (χ0n) is 11.0. The van der Waals surface area contributed by atoms with Crippen molar-refractivity contribution in [3.05, 3.63) is 24.3 Å². The van der Waals surface area contributed by atoms with Crippen LogP contribution in [0.1, 0.15) is 6.42 Å². The van der Waals surface area contributed by atoms with Gasteiger partial charge in [0.1, 0.15) is 11.9 Å². The fraction of sp³-hybridized carbons (Fsp3) is 0.467. The highest BCUT2D eigenvalue weighted by Crippen LogP contribution is 2.60. The molecule has 2 saturated carbocycles. The molecule has 0 unspecified atom stereocenters. The predicted octanol–water partition coefficient (Wildman–Crippen LogP) is 1.90. The van der Waals surface area contributed by atoms with Gasteiger partial charge in [-0.1, -0.05) is 15.9 Å². The fourth-order valence-corrected chi connectivity index (χ4v) is 5.15. The second-order valence-corrected chi connectivity index (χ2v) is 7.05. The predicted molar refractivity (Wildman–Crippen MR) is 77.9 cm³/mol. The first-order valence-corrected chi connectivity index (χ1v) is 7.92. The maximum atomic E-state index is 12.6. The van der Waals surface area contributed by atoms with Crippen LogP contribution in [-0.2, 0) is 14.3 Å². The maximum Gasteiger partial charge on any atom is 0.310 e. The van der Waals surface area contributed by atoms with E-state index in [2.05, 4.69) is 21.2 Å². The zero-order valence-corrected chi connectivity index (χ0v) is 12.6. The number of hydrogen-bond acceptors (Lipinski definition) is 4. The van der Waals surface area contributed by atoms with Crippen molar-refractivity contribution in [2.45, 2.75) is 17.4 Å². The van der Waals surface area contributed by atoms with Crippen LogP contribution in [0.5, 0.6) is 5.75 Å². The lowest BCUT2D eigenvalue weighted by Crippen LogP contribution is -2.40. The Balaban J connectivity index is 1.57. The van der Waals surface area contributed by atoms with Crippen LogP contribution in [0, 0.1) is 23.7 Å². The molecule has 21 heavy (non-hydrogen) atoms. The first-order chi connectivity index (χ1) is 10.1. The summed E-state index contributed by atoms with van der Waals surface area (Å²) < 4.78 is 5.40. The molecule has 2 bridgehead atoms. The van der Waals surface area contributed by atoms with Gasteiger partial charge in [-0.3, -0.25) is 9.59 Å². The van der Waals surface area contributed by atoms with Crippen LogP contribution in [0.25, 0.3) is 0 Å².